The maximum atomic E-state index is 13.0. The lowest BCUT2D eigenvalue weighted by Gasteiger charge is -2.12. The van der Waals surface area contributed by atoms with Crippen molar-refractivity contribution in [1.82, 2.24) is 5.32 Å². The average Bonchev–Trinajstić information content (AvgIpc) is 3.12. The second-order valence-electron chi connectivity index (χ2n) is 6.86. The number of carbonyl (C=O) groups excluding carboxylic acids is 2. The van der Waals surface area contributed by atoms with E-state index >= 15 is 0 Å². The number of rotatable bonds is 8. The van der Waals surface area contributed by atoms with Crippen LogP contribution in [0.5, 0.6) is 5.75 Å². The number of alkyl halides is 3. The van der Waals surface area contributed by atoms with Gasteiger partial charge in [0.05, 0.1) is 16.8 Å². The lowest BCUT2D eigenvalue weighted by atomic mass is 10.2. The van der Waals surface area contributed by atoms with Gasteiger partial charge in [-0.15, -0.1) is 5.10 Å². The third kappa shape index (κ3) is 7.09. The topological polar surface area (TPSA) is 92.2 Å². The molecule has 2 N–H and O–H groups in total. The van der Waals surface area contributed by atoms with E-state index in [4.69, 9.17) is 16.3 Å². The fourth-order valence-corrected chi connectivity index (χ4v) is 3.92. The molecule has 0 aromatic heterocycles. The molecule has 0 bridgehead atoms. The number of anilines is 1. The van der Waals surface area contributed by atoms with Gasteiger partial charge in [-0.05, 0) is 35.9 Å². The molecule has 2 amide bonds. The van der Waals surface area contributed by atoms with Crippen LogP contribution in [-0.4, -0.2) is 35.1 Å². The fraction of sp³-hybridized carbons (Fsp3) is 0.182. The number of nitrogens with one attached hydrogen (secondary N) is 2. The van der Waals surface area contributed by atoms with Crippen LogP contribution in [0.25, 0.3) is 0 Å². The second-order valence-corrected chi connectivity index (χ2v) is 8.46. The maximum absolute atomic E-state index is 13.0. The predicted octanol–water partition coefficient (Wildman–Crippen LogP) is 4.87. The molecule has 1 heterocycles. The predicted molar refractivity (Wildman–Crippen MR) is 126 cm³/mol. The minimum absolute atomic E-state index is 0.0806. The highest BCUT2D eigenvalue weighted by molar-refractivity contribution is 8.15. The molecule has 1 unspecified atom stereocenters. The van der Waals surface area contributed by atoms with Crippen molar-refractivity contribution in [2.75, 3.05) is 11.9 Å². The van der Waals surface area contributed by atoms with Crippen molar-refractivity contribution in [2.24, 2.45) is 10.2 Å². The molecule has 1 aliphatic heterocycles. The molecule has 3 rings (SSSR count). The Balaban J connectivity index is 1.57. The Labute approximate surface area is 202 Å². The number of thioether (sulfide) groups is 1. The normalized spacial score (nSPS) is 17.1. The molecule has 12 heteroatoms. The second kappa shape index (κ2) is 11.2. The zero-order valence-electron chi connectivity index (χ0n) is 17.4. The lowest BCUT2D eigenvalue weighted by molar-refractivity contribution is -0.137. The van der Waals surface area contributed by atoms with Gasteiger partial charge in [-0.25, -0.2) is 0 Å². The summed E-state index contributed by atoms with van der Waals surface area (Å²) in [7, 11) is 0. The molecule has 178 valence electrons. The third-order valence-electron chi connectivity index (χ3n) is 4.28. The standard InChI is InChI=1S/C22H18ClF3N4O3S/c1-2-8-33-15-5-3-4-13(9-15)12-27-30-21-29-20(32)18(34-21)11-19(31)28-14-6-7-17(23)16(10-14)22(24,25)26/h2-7,9-10,12,18H,1,8,11H2,(H,28,31)(H,29,30,32). The molecule has 0 radical (unpaired) electrons. The highest BCUT2D eigenvalue weighted by Crippen LogP contribution is 2.36. The monoisotopic (exact) mass is 510 g/mol. The van der Waals surface area contributed by atoms with Gasteiger partial charge < -0.3 is 15.4 Å². The van der Waals surface area contributed by atoms with E-state index in [1.54, 1.807) is 30.3 Å². The number of carbonyl (C=O) groups is 2. The molecule has 7 nitrogen and oxygen atoms in total. The van der Waals surface area contributed by atoms with Gasteiger partial charge in [0.2, 0.25) is 11.8 Å². The summed E-state index contributed by atoms with van der Waals surface area (Å²) < 4.78 is 44.4. The molecule has 1 aliphatic rings. The number of ether oxygens (including phenoxy) is 1. The van der Waals surface area contributed by atoms with Crippen LogP contribution in [-0.2, 0) is 15.8 Å². The number of hydrogen-bond donors (Lipinski definition) is 2. The van der Waals surface area contributed by atoms with Crippen molar-refractivity contribution < 1.29 is 27.5 Å². The molecule has 1 saturated heterocycles. The molecule has 0 spiro atoms. The first-order chi connectivity index (χ1) is 16.2. The van der Waals surface area contributed by atoms with Crippen LogP contribution in [0.1, 0.15) is 17.5 Å². The minimum Gasteiger partial charge on any atom is -0.490 e. The van der Waals surface area contributed by atoms with Crippen LogP contribution < -0.4 is 15.4 Å². The largest absolute Gasteiger partial charge is 0.490 e. The Morgan fingerprint density at radius 2 is 2.09 bits per heavy atom. The Morgan fingerprint density at radius 1 is 1.29 bits per heavy atom. The molecule has 1 atom stereocenters. The van der Waals surface area contributed by atoms with Crippen LogP contribution >= 0.6 is 23.4 Å². The highest BCUT2D eigenvalue weighted by atomic mass is 35.5. The van der Waals surface area contributed by atoms with Gasteiger partial charge in [-0.1, -0.05) is 48.2 Å². The summed E-state index contributed by atoms with van der Waals surface area (Å²) in [5.41, 5.74) is -0.426. The van der Waals surface area contributed by atoms with Gasteiger partial charge in [-0.2, -0.15) is 18.3 Å². The summed E-state index contributed by atoms with van der Waals surface area (Å²) >= 11 is 6.57. The SMILES string of the molecule is C=CCOc1cccc(C=NN=C2NC(=O)C(CC(=O)Nc3ccc(Cl)c(C(F)(F)F)c3)S2)c1. The summed E-state index contributed by atoms with van der Waals surface area (Å²) in [5, 5.41) is 11.7. The van der Waals surface area contributed by atoms with Crippen molar-refractivity contribution in [1.29, 1.82) is 0 Å². The number of halogens is 4. The van der Waals surface area contributed by atoms with Crippen molar-refractivity contribution in [2.45, 2.75) is 17.8 Å². The smallest absolute Gasteiger partial charge is 0.417 e. The quantitative estimate of drug-likeness (QED) is 0.301. The zero-order chi connectivity index (χ0) is 24.7. The Morgan fingerprint density at radius 3 is 2.82 bits per heavy atom. The van der Waals surface area contributed by atoms with Crippen LogP contribution in [0.2, 0.25) is 5.02 Å². The first-order valence-corrected chi connectivity index (χ1v) is 11.0. The number of nitrogens with zero attached hydrogens (tertiary/aromatic N) is 2. The Hall–Kier alpha value is -3.31. The van der Waals surface area contributed by atoms with E-state index in [-0.39, 0.29) is 17.3 Å². The van der Waals surface area contributed by atoms with Gasteiger partial charge in [0, 0.05) is 12.1 Å². The van der Waals surface area contributed by atoms with E-state index < -0.39 is 33.8 Å². The average molecular weight is 511 g/mol. The summed E-state index contributed by atoms with van der Waals surface area (Å²) in [4.78, 5) is 24.4. The molecule has 2 aromatic rings. The summed E-state index contributed by atoms with van der Waals surface area (Å²) in [6.07, 6.45) is -1.84. The van der Waals surface area contributed by atoms with E-state index in [9.17, 15) is 22.8 Å². The van der Waals surface area contributed by atoms with E-state index in [1.165, 1.54) is 12.3 Å². The number of amides is 2. The molecule has 2 aromatic carbocycles. The van der Waals surface area contributed by atoms with Crippen molar-refractivity contribution in [3.8, 4) is 5.75 Å². The van der Waals surface area contributed by atoms with Crippen molar-refractivity contribution >= 4 is 52.2 Å². The van der Waals surface area contributed by atoms with Gasteiger partial charge in [0.15, 0.2) is 5.17 Å². The molecule has 0 saturated carbocycles. The Kier molecular flexibility index (Phi) is 8.35. The lowest BCUT2D eigenvalue weighted by Crippen LogP contribution is -2.28. The number of benzene rings is 2. The van der Waals surface area contributed by atoms with Crippen LogP contribution in [0.3, 0.4) is 0 Å². The first kappa shape index (κ1) is 25.3. The zero-order valence-corrected chi connectivity index (χ0v) is 19.0. The van der Waals surface area contributed by atoms with E-state index in [0.717, 1.165) is 29.5 Å². The summed E-state index contributed by atoms with van der Waals surface area (Å²) in [5.74, 6) is -0.459. The van der Waals surface area contributed by atoms with Crippen molar-refractivity contribution in [3.63, 3.8) is 0 Å². The molecule has 34 heavy (non-hydrogen) atoms. The van der Waals surface area contributed by atoms with E-state index in [2.05, 4.69) is 27.4 Å². The summed E-state index contributed by atoms with van der Waals surface area (Å²) in [6, 6.07) is 10.1. The Bertz CT molecular complexity index is 1150. The van der Waals surface area contributed by atoms with Gasteiger partial charge >= 0.3 is 6.18 Å². The fourth-order valence-electron chi connectivity index (χ4n) is 2.77. The van der Waals surface area contributed by atoms with Gasteiger partial charge in [-0.3, -0.25) is 9.59 Å². The molecule has 1 fully saturated rings. The van der Waals surface area contributed by atoms with Gasteiger partial charge in [0.1, 0.15) is 17.6 Å². The third-order valence-corrected chi connectivity index (χ3v) is 5.69. The van der Waals surface area contributed by atoms with E-state index in [0.29, 0.717) is 12.4 Å². The molecule has 0 aliphatic carbocycles. The number of amidine groups is 1. The van der Waals surface area contributed by atoms with Crippen molar-refractivity contribution in [3.05, 3.63) is 71.3 Å². The summed E-state index contributed by atoms with van der Waals surface area (Å²) in [6.45, 7) is 3.94. The van der Waals surface area contributed by atoms with Crippen LogP contribution in [0, 0.1) is 0 Å². The first-order valence-electron chi connectivity index (χ1n) is 9.74. The van der Waals surface area contributed by atoms with Gasteiger partial charge in [0.25, 0.3) is 0 Å². The van der Waals surface area contributed by atoms with Crippen LogP contribution in [0.15, 0.2) is 65.3 Å². The minimum atomic E-state index is -4.66. The molecular formula is C22H18ClF3N4O3S. The highest BCUT2D eigenvalue weighted by Gasteiger charge is 2.34. The molecular weight excluding hydrogens is 493 g/mol. The van der Waals surface area contributed by atoms with E-state index in [1.807, 2.05) is 0 Å². The maximum Gasteiger partial charge on any atom is 0.417 e. The van der Waals surface area contributed by atoms with Crippen LogP contribution in [0.4, 0.5) is 18.9 Å². The number of hydrogen-bond acceptors (Lipinski definition) is 6.